The van der Waals surface area contributed by atoms with Gasteiger partial charge in [-0.1, -0.05) is 15.9 Å². The molecule has 1 aromatic carbocycles. The molecule has 1 aromatic rings. The van der Waals surface area contributed by atoms with Gasteiger partial charge >= 0.3 is 0 Å². The van der Waals surface area contributed by atoms with E-state index in [-0.39, 0.29) is 18.5 Å². The normalized spacial score (nSPS) is 11.5. The molecule has 0 unspecified atom stereocenters. The van der Waals surface area contributed by atoms with Gasteiger partial charge in [0.05, 0.1) is 11.9 Å². The largest absolute Gasteiger partial charge is 0.352 e. The molecule has 20 heavy (non-hydrogen) atoms. The Labute approximate surface area is 128 Å². The van der Waals surface area contributed by atoms with Gasteiger partial charge in [-0.25, -0.2) is 8.42 Å². The Morgan fingerprint density at radius 3 is 2.45 bits per heavy atom. The lowest BCUT2D eigenvalue weighted by molar-refractivity contribution is -0.120. The fraction of sp³-hybridized carbons (Fsp3) is 0.462. The van der Waals surface area contributed by atoms with E-state index in [0.29, 0.717) is 5.69 Å². The van der Waals surface area contributed by atoms with Crippen LogP contribution >= 0.6 is 15.9 Å². The van der Waals surface area contributed by atoms with Gasteiger partial charge in [-0.15, -0.1) is 0 Å². The molecule has 0 saturated heterocycles. The molecule has 5 nitrogen and oxygen atoms in total. The molecule has 0 aliphatic rings. The summed E-state index contributed by atoms with van der Waals surface area (Å²) in [6, 6.07) is 5.22. The summed E-state index contributed by atoms with van der Waals surface area (Å²) in [5.41, 5.74) is 1.29. The van der Waals surface area contributed by atoms with Gasteiger partial charge in [0.25, 0.3) is 0 Å². The van der Waals surface area contributed by atoms with Crippen LogP contribution in [0.15, 0.2) is 22.7 Å². The lowest BCUT2D eigenvalue weighted by atomic mass is 10.2. The number of anilines is 1. The zero-order valence-electron chi connectivity index (χ0n) is 12.0. The molecule has 0 bridgehead atoms. The number of rotatable bonds is 5. The topological polar surface area (TPSA) is 66.5 Å². The second kappa shape index (κ2) is 6.58. The van der Waals surface area contributed by atoms with E-state index in [1.54, 1.807) is 19.1 Å². The van der Waals surface area contributed by atoms with E-state index in [0.717, 1.165) is 20.6 Å². The van der Waals surface area contributed by atoms with E-state index in [1.165, 1.54) is 0 Å². The van der Waals surface area contributed by atoms with Gasteiger partial charge in [-0.3, -0.25) is 9.10 Å². The summed E-state index contributed by atoms with van der Waals surface area (Å²) in [5.74, 6) is -0.326. The van der Waals surface area contributed by atoms with Crippen LogP contribution in [0.2, 0.25) is 0 Å². The minimum atomic E-state index is -3.53. The van der Waals surface area contributed by atoms with Crippen LogP contribution in [-0.4, -0.2) is 33.2 Å². The predicted octanol–water partition coefficient (Wildman–Crippen LogP) is 2.05. The summed E-state index contributed by atoms with van der Waals surface area (Å²) in [4.78, 5) is 11.8. The lowest BCUT2D eigenvalue weighted by Gasteiger charge is -2.24. The maximum atomic E-state index is 11.9. The first-order valence-corrected chi connectivity index (χ1v) is 8.78. The molecular weight excluding hydrogens is 344 g/mol. The molecule has 0 heterocycles. The Bertz CT molecular complexity index is 600. The summed E-state index contributed by atoms with van der Waals surface area (Å²) in [6.45, 7) is 5.24. The molecule has 0 aliphatic heterocycles. The number of halogens is 1. The highest BCUT2D eigenvalue weighted by Crippen LogP contribution is 2.25. The molecule has 0 radical (unpaired) electrons. The quantitative estimate of drug-likeness (QED) is 0.871. The molecule has 0 aliphatic carbocycles. The third kappa shape index (κ3) is 4.79. The van der Waals surface area contributed by atoms with E-state index >= 15 is 0 Å². The number of carbonyl (C=O) groups is 1. The van der Waals surface area contributed by atoms with Crippen LogP contribution in [0.4, 0.5) is 5.69 Å². The summed E-state index contributed by atoms with van der Waals surface area (Å²) in [6.07, 6.45) is 1.09. The van der Waals surface area contributed by atoms with Gasteiger partial charge in [0, 0.05) is 10.5 Å². The number of hydrogen-bond donors (Lipinski definition) is 1. The van der Waals surface area contributed by atoms with Crippen molar-refractivity contribution in [2.24, 2.45) is 0 Å². The fourth-order valence-corrected chi connectivity index (χ4v) is 3.17. The number of aryl methyl sites for hydroxylation is 1. The van der Waals surface area contributed by atoms with E-state index in [1.807, 2.05) is 19.9 Å². The Kier molecular flexibility index (Phi) is 5.59. The van der Waals surface area contributed by atoms with Gasteiger partial charge in [-0.05, 0) is 44.5 Å². The zero-order valence-corrected chi connectivity index (χ0v) is 14.4. The van der Waals surface area contributed by atoms with Crippen LogP contribution in [0.1, 0.15) is 19.4 Å². The highest BCUT2D eigenvalue weighted by atomic mass is 79.9. The van der Waals surface area contributed by atoms with Crippen LogP contribution < -0.4 is 9.62 Å². The van der Waals surface area contributed by atoms with Crippen molar-refractivity contribution in [2.45, 2.75) is 26.8 Å². The predicted molar refractivity (Wildman–Crippen MR) is 84.3 cm³/mol. The van der Waals surface area contributed by atoms with Crippen molar-refractivity contribution in [3.63, 3.8) is 0 Å². The Balaban J connectivity index is 3.11. The first-order chi connectivity index (χ1) is 9.11. The molecule has 112 valence electrons. The SMILES string of the molecule is Cc1cc(Br)ccc1N(CC(=O)NC(C)C)S(C)(=O)=O. The molecule has 0 spiro atoms. The van der Waals surface area contributed by atoms with Crippen molar-refractivity contribution < 1.29 is 13.2 Å². The molecule has 7 heteroatoms. The van der Waals surface area contributed by atoms with Gasteiger partial charge in [0.2, 0.25) is 15.9 Å². The Morgan fingerprint density at radius 1 is 1.40 bits per heavy atom. The molecule has 0 saturated carbocycles. The average molecular weight is 363 g/mol. The van der Waals surface area contributed by atoms with Crippen LogP contribution in [0.25, 0.3) is 0 Å². The molecule has 1 rings (SSSR count). The number of benzene rings is 1. The van der Waals surface area contributed by atoms with Crippen LogP contribution in [0.5, 0.6) is 0 Å². The van der Waals surface area contributed by atoms with Crippen LogP contribution in [-0.2, 0) is 14.8 Å². The molecule has 0 fully saturated rings. The maximum absolute atomic E-state index is 11.9. The van der Waals surface area contributed by atoms with Crippen molar-refractivity contribution in [3.8, 4) is 0 Å². The van der Waals surface area contributed by atoms with Crippen LogP contribution in [0, 0.1) is 6.92 Å². The van der Waals surface area contributed by atoms with Crippen molar-refractivity contribution in [2.75, 3.05) is 17.1 Å². The first-order valence-electron chi connectivity index (χ1n) is 6.14. The molecule has 1 amide bonds. The maximum Gasteiger partial charge on any atom is 0.240 e. The lowest BCUT2D eigenvalue weighted by Crippen LogP contribution is -2.42. The smallest absolute Gasteiger partial charge is 0.240 e. The van der Waals surface area contributed by atoms with Crippen molar-refractivity contribution in [1.82, 2.24) is 5.32 Å². The van der Waals surface area contributed by atoms with E-state index in [9.17, 15) is 13.2 Å². The number of hydrogen-bond acceptors (Lipinski definition) is 3. The van der Waals surface area contributed by atoms with Gasteiger partial charge in [0.15, 0.2) is 0 Å². The average Bonchev–Trinajstić information content (AvgIpc) is 2.24. The summed E-state index contributed by atoms with van der Waals surface area (Å²) in [5, 5.41) is 2.69. The third-order valence-electron chi connectivity index (χ3n) is 2.56. The van der Waals surface area contributed by atoms with E-state index in [4.69, 9.17) is 0 Å². The van der Waals surface area contributed by atoms with Crippen LogP contribution in [0.3, 0.4) is 0 Å². The number of nitrogens with zero attached hydrogens (tertiary/aromatic N) is 1. The number of carbonyl (C=O) groups excluding carboxylic acids is 1. The van der Waals surface area contributed by atoms with Crippen molar-refractivity contribution in [1.29, 1.82) is 0 Å². The standard InChI is InChI=1S/C13H19BrN2O3S/c1-9(2)15-13(17)8-16(20(4,18)19)12-6-5-11(14)7-10(12)3/h5-7,9H,8H2,1-4H3,(H,15,17). The minimum Gasteiger partial charge on any atom is -0.352 e. The summed E-state index contributed by atoms with van der Waals surface area (Å²) in [7, 11) is -3.53. The van der Waals surface area contributed by atoms with Crippen molar-refractivity contribution >= 4 is 37.5 Å². The zero-order chi connectivity index (χ0) is 15.5. The summed E-state index contributed by atoms with van der Waals surface area (Å²) >= 11 is 3.33. The summed E-state index contributed by atoms with van der Waals surface area (Å²) < 4.78 is 25.8. The van der Waals surface area contributed by atoms with Gasteiger partial charge in [-0.2, -0.15) is 0 Å². The third-order valence-corrected chi connectivity index (χ3v) is 4.18. The van der Waals surface area contributed by atoms with Crippen molar-refractivity contribution in [3.05, 3.63) is 28.2 Å². The molecule has 0 aromatic heterocycles. The number of amides is 1. The second-order valence-corrected chi connectivity index (χ2v) is 7.75. The monoisotopic (exact) mass is 362 g/mol. The molecule has 1 N–H and O–H groups in total. The highest BCUT2D eigenvalue weighted by Gasteiger charge is 2.22. The Morgan fingerprint density at radius 2 is 2.00 bits per heavy atom. The fourth-order valence-electron chi connectivity index (χ4n) is 1.78. The molecule has 0 atom stereocenters. The number of nitrogens with one attached hydrogen (secondary N) is 1. The second-order valence-electron chi connectivity index (χ2n) is 4.92. The van der Waals surface area contributed by atoms with Gasteiger partial charge in [0.1, 0.15) is 6.54 Å². The number of sulfonamides is 1. The minimum absolute atomic E-state index is 0.0325. The van der Waals surface area contributed by atoms with Gasteiger partial charge < -0.3 is 5.32 Å². The highest BCUT2D eigenvalue weighted by molar-refractivity contribution is 9.10. The first kappa shape index (κ1) is 17.0. The van der Waals surface area contributed by atoms with E-state index in [2.05, 4.69) is 21.2 Å². The molecular formula is C13H19BrN2O3S. The Hall–Kier alpha value is -1.08. The van der Waals surface area contributed by atoms with E-state index < -0.39 is 10.0 Å².